The van der Waals surface area contributed by atoms with Crippen molar-refractivity contribution in [2.75, 3.05) is 64.4 Å². The number of likely N-dealkylation sites (N-methyl/N-ethyl adjacent to an activating group) is 2. The molecule has 2 heterocycles. The maximum Gasteiger partial charge on any atom is 0.311 e. The molecule has 0 amide bonds. The topological polar surface area (TPSA) is 94.6 Å². The van der Waals surface area contributed by atoms with Gasteiger partial charge in [-0.05, 0) is 107 Å². The van der Waals surface area contributed by atoms with Crippen LogP contribution in [-0.4, -0.2) is 72.8 Å². The minimum absolute atomic E-state index is 0.183. The summed E-state index contributed by atoms with van der Waals surface area (Å²) in [5.74, 6) is 0.942. The van der Waals surface area contributed by atoms with Crippen molar-refractivity contribution in [3.8, 4) is 11.5 Å². The second-order valence-corrected chi connectivity index (χ2v) is 16.4. The molecule has 11 heteroatoms. The minimum atomic E-state index is -0.493. The lowest BCUT2D eigenvalue weighted by Gasteiger charge is -2.22. The molecule has 4 rings (SSSR count). The van der Waals surface area contributed by atoms with Crippen LogP contribution in [0.15, 0.2) is 71.4 Å². The van der Waals surface area contributed by atoms with Crippen LogP contribution < -0.4 is 19.3 Å². The van der Waals surface area contributed by atoms with E-state index in [4.69, 9.17) is 18.9 Å². The predicted octanol–water partition coefficient (Wildman–Crippen LogP) is 9.80. The number of benzene rings is 2. The van der Waals surface area contributed by atoms with Gasteiger partial charge in [0.15, 0.2) is 6.29 Å². The van der Waals surface area contributed by atoms with Crippen LogP contribution in [0.2, 0.25) is 0 Å². The third-order valence-corrected chi connectivity index (χ3v) is 9.74. The van der Waals surface area contributed by atoms with Crippen LogP contribution in [0.1, 0.15) is 74.1 Å². The van der Waals surface area contributed by atoms with E-state index in [9.17, 15) is 14.4 Å². The van der Waals surface area contributed by atoms with Gasteiger partial charge in [-0.2, -0.15) is 0 Å². The lowest BCUT2D eigenvalue weighted by Crippen LogP contribution is -2.28. The summed E-state index contributed by atoms with van der Waals surface area (Å²) in [7, 11) is 7.06. The molecule has 2 aromatic heterocycles. The summed E-state index contributed by atoms with van der Waals surface area (Å²) in [5.41, 5.74) is 2.48. The molecule has 0 saturated heterocycles. The van der Waals surface area contributed by atoms with Crippen molar-refractivity contribution in [3.05, 3.63) is 92.3 Å². The van der Waals surface area contributed by atoms with E-state index in [0.717, 1.165) is 29.0 Å². The fourth-order valence-corrected chi connectivity index (χ4v) is 5.70. The average Bonchev–Trinajstić information content (AvgIpc) is 3.88. The first-order valence-electron chi connectivity index (χ1n) is 17.9. The van der Waals surface area contributed by atoms with Crippen LogP contribution >= 0.6 is 22.7 Å². The van der Waals surface area contributed by atoms with Gasteiger partial charge in [-0.3, -0.25) is 14.4 Å². The Labute approximate surface area is 330 Å². The van der Waals surface area contributed by atoms with E-state index in [1.807, 2.05) is 107 Å². The van der Waals surface area contributed by atoms with E-state index < -0.39 is 10.8 Å². The summed E-state index contributed by atoms with van der Waals surface area (Å²) in [6, 6.07) is 19.8. The second kappa shape index (κ2) is 22.6. The van der Waals surface area contributed by atoms with Gasteiger partial charge in [-0.25, -0.2) is 0 Å². The lowest BCUT2D eigenvalue weighted by molar-refractivity contribution is -0.153. The van der Waals surface area contributed by atoms with E-state index >= 15 is 0 Å². The maximum absolute atomic E-state index is 11.8. The molecule has 9 nitrogen and oxygen atoms in total. The zero-order chi connectivity index (χ0) is 40.3. The Balaban J connectivity index is 0.000000321. The highest BCUT2D eigenvalue weighted by atomic mass is 32.1. The second-order valence-electron chi connectivity index (χ2n) is 14.4. The normalized spacial score (nSPS) is 11.0. The van der Waals surface area contributed by atoms with Crippen molar-refractivity contribution >= 4 is 64.4 Å². The van der Waals surface area contributed by atoms with Crippen LogP contribution in [0, 0.1) is 10.8 Å². The number of thiophene rings is 2. The Morgan fingerprint density at radius 1 is 0.685 bits per heavy atom. The number of anilines is 2. The van der Waals surface area contributed by atoms with Crippen LogP contribution in [0.4, 0.5) is 11.4 Å². The van der Waals surface area contributed by atoms with Gasteiger partial charge >= 0.3 is 11.9 Å². The van der Waals surface area contributed by atoms with Gasteiger partial charge in [0.2, 0.25) is 0 Å². The Bertz CT molecular complexity index is 1740. The number of nitrogens with zero attached hydrogens (tertiary/aromatic N) is 2. The van der Waals surface area contributed by atoms with E-state index in [0.29, 0.717) is 37.6 Å². The smallest absolute Gasteiger partial charge is 0.311 e. The molecular formula is C43H58N2O7S2. The SMILES string of the molecule is CCc1cccs1.COc1cc(N(C)CCOC(=O)C(C)(C)C)ccc1/C=C/c1cccs1.COc1cc(N(C)CCOC(=O)C(C)(C)C)ccc1C=O. The number of carbonyl (C=O) groups excluding carboxylic acids is 3. The molecule has 0 aliphatic carbocycles. The zero-order valence-electron chi connectivity index (χ0n) is 33.8. The molecule has 0 aliphatic rings. The van der Waals surface area contributed by atoms with Crippen LogP contribution in [0.25, 0.3) is 12.2 Å². The number of ether oxygens (including phenoxy) is 4. The van der Waals surface area contributed by atoms with E-state index in [1.54, 1.807) is 30.6 Å². The molecule has 0 spiro atoms. The van der Waals surface area contributed by atoms with E-state index in [2.05, 4.69) is 48.0 Å². The number of aldehydes is 1. The molecule has 0 fully saturated rings. The molecule has 4 aromatic rings. The van der Waals surface area contributed by atoms with Gasteiger partial charge in [-0.15, -0.1) is 22.7 Å². The molecule has 0 unspecified atom stereocenters. The van der Waals surface area contributed by atoms with Crippen molar-refractivity contribution in [1.82, 2.24) is 0 Å². The zero-order valence-corrected chi connectivity index (χ0v) is 35.4. The summed E-state index contributed by atoms with van der Waals surface area (Å²) in [4.78, 5) is 41.0. The van der Waals surface area contributed by atoms with Crippen molar-refractivity contribution in [1.29, 1.82) is 0 Å². The highest BCUT2D eigenvalue weighted by molar-refractivity contribution is 7.11. The quantitative estimate of drug-likeness (QED) is 0.0916. The highest BCUT2D eigenvalue weighted by Crippen LogP contribution is 2.28. The molecule has 0 N–H and O–H groups in total. The summed E-state index contributed by atoms with van der Waals surface area (Å²) >= 11 is 3.52. The number of aryl methyl sites for hydroxylation is 1. The lowest BCUT2D eigenvalue weighted by atomic mass is 9.97. The maximum atomic E-state index is 11.8. The number of hydrogen-bond acceptors (Lipinski definition) is 11. The van der Waals surface area contributed by atoms with Gasteiger partial charge in [0.05, 0.1) is 43.7 Å². The first kappa shape index (κ1) is 45.5. The first-order chi connectivity index (χ1) is 25.5. The third kappa shape index (κ3) is 15.8. The van der Waals surface area contributed by atoms with Crippen molar-refractivity contribution in [3.63, 3.8) is 0 Å². The molecule has 294 valence electrons. The molecule has 0 atom stereocenters. The van der Waals surface area contributed by atoms with Crippen molar-refractivity contribution in [2.24, 2.45) is 10.8 Å². The summed E-state index contributed by atoms with van der Waals surface area (Å²) in [6.07, 6.45) is 6.07. The minimum Gasteiger partial charge on any atom is -0.496 e. The summed E-state index contributed by atoms with van der Waals surface area (Å²) < 4.78 is 21.3. The number of methoxy groups -OCH3 is 2. The first-order valence-corrected chi connectivity index (χ1v) is 19.6. The van der Waals surface area contributed by atoms with E-state index in [1.165, 1.54) is 23.3 Å². The molecule has 0 aliphatic heterocycles. The molecule has 0 saturated carbocycles. The van der Waals surface area contributed by atoms with Gasteiger partial charge in [-0.1, -0.05) is 19.1 Å². The van der Waals surface area contributed by atoms with Gasteiger partial charge in [0.1, 0.15) is 24.7 Å². The molecule has 0 bridgehead atoms. The monoisotopic (exact) mass is 778 g/mol. The fourth-order valence-electron chi connectivity index (χ4n) is 4.42. The summed E-state index contributed by atoms with van der Waals surface area (Å²) in [6.45, 7) is 15.0. The van der Waals surface area contributed by atoms with Crippen molar-refractivity contribution in [2.45, 2.75) is 54.9 Å². The Hall–Kier alpha value is -4.61. The number of hydrogen-bond donors (Lipinski definition) is 0. The van der Waals surface area contributed by atoms with Gasteiger partial charge in [0, 0.05) is 52.9 Å². The number of carbonyl (C=O) groups is 3. The molecule has 54 heavy (non-hydrogen) atoms. The predicted molar refractivity (Wildman–Crippen MR) is 226 cm³/mol. The number of esters is 2. The highest BCUT2D eigenvalue weighted by Gasteiger charge is 2.23. The standard InChI is InChI=1S/C21H27NO3S.C16H23NO4.C6H8S/c1-21(2,3)20(23)25-13-12-22(4)17-10-8-16(19(15-17)24-5)9-11-18-7-6-14-26-18;1-16(2,3)15(19)21-9-8-17(4)13-7-6-12(11-18)14(10-13)20-5;1-2-6-4-3-5-7-6/h6-11,14-15H,12-13H2,1-5H3;6-7,10-11H,8-9H2,1-5H3;3-5H,2H2,1H3/b11-9+;;. The number of rotatable bonds is 14. The molecule has 2 aromatic carbocycles. The van der Waals surface area contributed by atoms with Crippen molar-refractivity contribution < 1.29 is 33.3 Å². The van der Waals surface area contributed by atoms with Crippen LogP contribution in [0.5, 0.6) is 11.5 Å². The fraction of sp³-hybridized carbons (Fsp3) is 0.419. The Kier molecular flexibility index (Phi) is 19.0. The Morgan fingerprint density at radius 3 is 1.56 bits per heavy atom. The average molecular weight is 779 g/mol. The van der Waals surface area contributed by atoms with Crippen LogP contribution in [-0.2, 0) is 25.5 Å². The van der Waals surface area contributed by atoms with E-state index in [-0.39, 0.29) is 11.9 Å². The molecule has 0 radical (unpaired) electrons. The Morgan fingerprint density at radius 2 is 1.17 bits per heavy atom. The molecular weight excluding hydrogens is 721 g/mol. The summed E-state index contributed by atoms with van der Waals surface area (Å²) in [5, 5.41) is 4.17. The van der Waals surface area contributed by atoms with Gasteiger partial charge < -0.3 is 28.7 Å². The van der Waals surface area contributed by atoms with Gasteiger partial charge in [0.25, 0.3) is 0 Å². The van der Waals surface area contributed by atoms with Crippen LogP contribution in [0.3, 0.4) is 0 Å². The third-order valence-electron chi connectivity index (χ3n) is 7.89. The largest absolute Gasteiger partial charge is 0.496 e.